The number of hydrogen-bond acceptors (Lipinski definition) is 5. The molecule has 2 rings (SSSR count). The van der Waals surface area contributed by atoms with Crippen LogP contribution in [0, 0.1) is 0 Å². The van der Waals surface area contributed by atoms with Gasteiger partial charge in [0.2, 0.25) is 15.3 Å². The molecule has 1 aliphatic carbocycles. The van der Waals surface area contributed by atoms with Crippen LogP contribution in [0.4, 0.5) is 0 Å². The molecule has 0 spiro atoms. The summed E-state index contributed by atoms with van der Waals surface area (Å²) >= 11 is 5.49. The van der Waals surface area contributed by atoms with Crippen LogP contribution in [0.1, 0.15) is 25.7 Å². The first-order valence-corrected chi connectivity index (χ1v) is 7.47. The van der Waals surface area contributed by atoms with E-state index < -0.39 is 15.6 Å². The normalized spacial score (nSPS) is 19.0. The molecule has 8 heteroatoms. The maximum absolute atomic E-state index is 11.9. The molecule has 1 aromatic rings. The lowest BCUT2D eigenvalue weighted by atomic mass is 10.0. The monoisotopic (exact) mass is 291 g/mol. The second-order valence-corrected chi connectivity index (χ2v) is 6.55. The SMILES string of the molecule is O=S(=O)(NCC1(O)CCCC1)c1cnc(Cl)nc1. The number of rotatable bonds is 4. The first-order chi connectivity index (χ1) is 8.41. The summed E-state index contributed by atoms with van der Waals surface area (Å²) in [7, 11) is -3.70. The van der Waals surface area contributed by atoms with Gasteiger partial charge in [0.05, 0.1) is 18.0 Å². The largest absolute Gasteiger partial charge is 0.389 e. The summed E-state index contributed by atoms with van der Waals surface area (Å²) in [6.07, 6.45) is 5.34. The average Bonchev–Trinajstić information content (AvgIpc) is 2.75. The number of aromatic nitrogens is 2. The number of nitrogens with zero attached hydrogens (tertiary/aromatic N) is 2. The molecular formula is C10H14ClN3O3S. The Labute approximate surface area is 110 Å². The van der Waals surface area contributed by atoms with E-state index in [-0.39, 0.29) is 16.7 Å². The summed E-state index contributed by atoms with van der Waals surface area (Å²) in [5.74, 6) is 0. The Balaban J connectivity index is 2.05. The molecule has 1 heterocycles. The molecule has 1 aromatic heterocycles. The fourth-order valence-corrected chi connectivity index (χ4v) is 3.07. The molecule has 1 aliphatic rings. The van der Waals surface area contributed by atoms with Crippen molar-refractivity contribution in [3.8, 4) is 0 Å². The molecule has 0 unspecified atom stereocenters. The first kappa shape index (κ1) is 13.7. The maximum atomic E-state index is 11.9. The Hall–Kier alpha value is -0.760. The maximum Gasteiger partial charge on any atom is 0.243 e. The van der Waals surface area contributed by atoms with Gasteiger partial charge >= 0.3 is 0 Å². The van der Waals surface area contributed by atoms with Gasteiger partial charge in [0.15, 0.2) is 0 Å². The lowest BCUT2D eigenvalue weighted by Gasteiger charge is -2.22. The second kappa shape index (κ2) is 5.08. The van der Waals surface area contributed by atoms with E-state index in [1.54, 1.807) is 0 Å². The van der Waals surface area contributed by atoms with Crippen molar-refractivity contribution in [1.82, 2.24) is 14.7 Å². The van der Waals surface area contributed by atoms with E-state index in [0.29, 0.717) is 12.8 Å². The molecule has 1 fully saturated rings. The summed E-state index contributed by atoms with van der Waals surface area (Å²) < 4.78 is 26.2. The van der Waals surface area contributed by atoms with Gasteiger partial charge in [0.25, 0.3) is 0 Å². The first-order valence-electron chi connectivity index (χ1n) is 5.61. The van der Waals surface area contributed by atoms with Crippen molar-refractivity contribution in [2.75, 3.05) is 6.54 Å². The van der Waals surface area contributed by atoms with E-state index in [0.717, 1.165) is 25.2 Å². The zero-order valence-corrected chi connectivity index (χ0v) is 11.2. The molecule has 18 heavy (non-hydrogen) atoms. The highest BCUT2D eigenvalue weighted by Gasteiger charge is 2.32. The summed E-state index contributed by atoms with van der Waals surface area (Å²) in [6, 6.07) is 0. The van der Waals surface area contributed by atoms with Crippen molar-refractivity contribution in [1.29, 1.82) is 0 Å². The van der Waals surface area contributed by atoms with Crippen LogP contribution in [0.3, 0.4) is 0 Å². The van der Waals surface area contributed by atoms with Gasteiger partial charge in [-0.25, -0.2) is 23.1 Å². The van der Waals surface area contributed by atoms with E-state index in [4.69, 9.17) is 11.6 Å². The molecule has 0 atom stereocenters. The van der Waals surface area contributed by atoms with Gasteiger partial charge in [0, 0.05) is 6.54 Å². The molecule has 0 aliphatic heterocycles. The third-order valence-corrected chi connectivity index (χ3v) is 4.58. The lowest BCUT2D eigenvalue weighted by molar-refractivity contribution is 0.0531. The quantitative estimate of drug-likeness (QED) is 0.797. The van der Waals surface area contributed by atoms with Gasteiger partial charge in [-0.15, -0.1) is 0 Å². The summed E-state index contributed by atoms with van der Waals surface area (Å²) in [5, 5.41) is 10.1. The molecular weight excluding hydrogens is 278 g/mol. The van der Waals surface area contributed by atoms with E-state index in [1.807, 2.05) is 0 Å². The zero-order valence-electron chi connectivity index (χ0n) is 9.63. The fraction of sp³-hybridized carbons (Fsp3) is 0.600. The molecule has 100 valence electrons. The Bertz CT molecular complexity index is 512. The van der Waals surface area contributed by atoms with Crippen LogP contribution >= 0.6 is 11.6 Å². The van der Waals surface area contributed by atoms with Crippen molar-refractivity contribution in [2.45, 2.75) is 36.2 Å². The van der Waals surface area contributed by atoms with Crippen molar-refractivity contribution >= 4 is 21.6 Å². The standard InChI is InChI=1S/C10H14ClN3O3S/c11-9-12-5-8(6-13-9)18(16,17)14-7-10(15)3-1-2-4-10/h5-6,14-15H,1-4,7H2. The van der Waals surface area contributed by atoms with E-state index in [2.05, 4.69) is 14.7 Å². The van der Waals surface area contributed by atoms with Gasteiger partial charge < -0.3 is 5.11 Å². The average molecular weight is 292 g/mol. The smallest absolute Gasteiger partial charge is 0.243 e. The van der Waals surface area contributed by atoms with Gasteiger partial charge in [-0.3, -0.25) is 0 Å². The fourth-order valence-electron chi connectivity index (χ4n) is 1.96. The molecule has 1 saturated carbocycles. The van der Waals surface area contributed by atoms with E-state index >= 15 is 0 Å². The third-order valence-electron chi connectivity index (χ3n) is 3.03. The van der Waals surface area contributed by atoms with Gasteiger partial charge in [-0.2, -0.15) is 0 Å². The second-order valence-electron chi connectivity index (χ2n) is 4.44. The lowest BCUT2D eigenvalue weighted by Crippen LogP contribution is -2.40. The minimum atomic E-state index is -3.70. The highest BCUT2D eigenvalue weighted by Crippen LogP contribution is 2.28. The van der Waals surface area contributed by atoms with E-state index in [1.165, 1.54) is 0 Å². The van der Waals surface area contributed by atoms with Crippen molar-refractivity contribution in [3.05, 3.63) is 17.7 Å². The van der Waals surface area contributed by atoms with Crippen LogP contribution in [0.5, 0.6) is 0 Å². The zero-order chi connectivity index (χ0) is 13.2. The van der Waals surface area contributed by atoms with Crippen LogP contribution in [-0.4, -0.2) is 35.6 Å². The van der Waals surface area contributed by atoms with Gasteiger partial charge in [0.1, 0.15) is 4.90 Å². The number of aliphatic hydroxyl groups is 1. The number of sulfonamides is 1. The predicted octanol–water partition coefficient (Wildman–Crippen LogP) is 0.713. The van der Waals surface area contributed by atoms with Crippen LogP contribution in [0.15, 0.2) is 17.3 Å². The highest BCUT2D eigenvalue weighted by atomic mass is 35.5. The van der Waals surface area contributed by atoms with Gasteiger partial charge in [-0.05, 0) is 24.4 Å². The minimum absolute atomic E-state index is 0.0108. The number of halogens is 1. The van der Waals surface area contributed by atoms with E-state index in [9.17, 15) is 13.5 Å². The molecule has 0 saturated heterocycles. The molecule has 2 N–H and O–H groups in total. The van der Waals surface area contributed by atoms with Crippen LogP contribution in [0.25, 0.3) is 0 Å². The van der Waals surface area contributed by atoms with Crippen molar-refractivity contribution < 1.29 is 13.5 Å². The van der Waals surface area contributed by atoms with Gasteiger partial charge in [-0.1, -0.05) is 12.8 Å². The molecule has 0 aromatic carbocycles. The van der Waals surface area contributed by atoms with Crippen molar-refractivity contribution in [2.24, 2.45) is 0 Å². The third kappa shape index (κ3) is 3.17. The van der Waals surface area contributed by atoms with Crippen LogP contribution in [-0.2, 0) is 10.0 Å². The van der Waals surface area contributed by atoms with Crippen LogP contribution < -0.4 is 4.72 Å². The Morgan fingerprint density at radius 1 is 1.33 bits per heavy atom. The topological polar surface area (TPSA) is 92.2 Å². The summed E-state index contributed by atoms with van der Waals surface area (Å²) in [4.78, 5) is 7.17. The highest BCUT2D eigenvalue weighted by molar-refractivity contribution is 7.89. The summed E-state index contributed by atoms with van der Waals surface area (Å²) in [6.45, 7) is 0.0119. The minimum Gasteiger partial charge on any atom is -0.389 e. The number of hydrogen-bond donors (Lipinski definition) is 2. The predicted molar refractivity (Wildman–Crippen MR) is 65.6 cm³/mol. The Kier molecular flexibility index (Phi) is 3.86. The Morgan fingerprint density at radius 3 is 2.44 bits per heavy atom. The van der Waals surface area contributed by atoms with Crippen molar-refractivity contribution in [3.63, 3.8) is 0 Å². The molecule has 0 radical (unpaired) electrons. The molecule has 0 amide bonds. The summed E-state index contributed by atoms with van der Waals surface area (Å²) in [5.41, 5.74) is -0.930. The van der Waals surface area contributed by atoms with Crippen LogP contribution in [0.2, 0.25) is 5.28 Å². The molecule has 0 bridgehead atoms. The molecule has 6 nitrogen and oxygen atoms in total. The Morgan fingerprint density at radius 2 is 1.89 bits per heavy atom. The number of nitrogens with one attached hydrogen (secondary N) is 1.